The maximum Gasteiger partial charge on any atom is 0.310 e. The van der Waals surface area contributed by atoms with Gasteiger partial charge in [0.05, 0.1) is 20.1 Å². The van der Waals surface area contributed by atoms with E-state index in [1.165, 1.54) is 0 Å². The number of rotatable bonds is 5. The van der Waals surface area contributed by atoms with Crippen molar-refractivity contribution in [2.75, 3.05) is 13.7 Å². The number of halogens is 3. The molecule has 7 heteroatoms. The monoisotopic (exact) mass is 263 g/mol. The Kier molecular flexibility index (Phi) is 4.94. The maximum atomic E-state index is 13.3. The first-order valence-electron chi connectivity index (χ1n) is 5.16. The van der Waals surface area contributed by atoms with Crippen LogP contribution in [0, 0.1) is 5.82 Å². The molecule has 0 unspecified atom stereocenters. The average molecular weight is 263 g/mol. The van der Waals surface area contributed by atoms with Gasteiger partial charge >= 0.3 is 5.97 Å². The molecule has 100 valence electrons. The first-order chi connectivity index (χ1) is 8.49. The molecule has 1 heterocycles. The van der Waals surface area contributed by atoms with Crippen LogP contribution < -0.4 is 4.74 Å². The van der Waals surface area contributed by atoms with E-state index in [1.54, 1.807) is 6.92 Å². The Morgan fingerprint density at radius 2 is 2.17 bits per heavy atom. The van der Waals surface area contributed by atoms with Gasteiger partial charge in [0.2, 0.25) is 0 Å². The van der Waals surface area contributed by atoms with Crippen molar-refractivity contribution in [3.8, 4) is 5.88 Å². The summed E-state index contributed by atoms with van der Waals surface area (Å²) in [6, 6.07) is 0.810. The predicted molar refractivity (Wildman–Crippen MR) is 56.0 cm³/mol. The summed E-state index contributed by atoms with van der Waals surface area (Å²) < 4.78 is 47.9. The van der Waals surface area contributed by atoms with E-state index >= 15 is 0 Å². The summed E-state index contributed by atoms with van der Waals surface area (Å²) in [6.45, 7) is 1.70. The van der Waals surface area contributed by atoms with Gasteiger partial charge in [-0.05, 0) is 18.6 Å². The highest BCUT2D eigenvalue weighted by Gasteiger charge is 2.21. The molecule has 0 bridgehead atoms. The highest BCUT2D eigenvalue weighted by atomic mass is 19.3. The van der Waals surface area contributed by atoms with Crippen LogP contribution in [0.1, 0.15) is 24.6 Å². The van der Waals surface area contributed by atoms with Gasteiger partial charge in [0.15, 0.2) is 5.82 Å². The van der Waals surface area contributed by atoms with Gasteiger partial charge in [-0.3, -0.25) is 4.79 Å². The SMILES string of the molecule is CCOC(=O)Cc1cc(F)c(OC)nc1C(F)F. The zero-order valence-electron chi connectivity index (χ0n) is 9.87. The smallest absolute Gasteiger partial charge is 0.310 e. The first kappa shape index (κ1) is 14.3. The van der Waals surface area contributed by atoms with Crippen LogP contribution in [-0.4, -0.2) is 24.7 Å². The number of aromatic nitrogens is 1. The summed E-state index contributed by atoms with van der Waals surface area (Å²) >= 11 is 0. The molecule has 0 radical (unpaired) electrons. The predicted octanol–water partition coefficient (Wildman–Crippen LogP) is 2.27. The van der Waals surface area contributed by atoms with Gasteiger partial charge in [0.1, 0.15) is 5.69 Å². The molecule has 1 aromatic rings. The lowest BCUT2D eigenvalue weighted by atomic mass is 10.1. The summed E-state index contributed by atoms with van der Waals surface area (Å²) in [5.74, 6) is -2.15. The van der Waals surface area contributed by atoms with E-state index in [0.29, 0.717) is 0 Å². The van der Waals surface area contributed by atoms with Gasteiger partial charge in [0.25, 0.3) is 12.3 Å². The molecular formula is C11H12F3NO3. The normalized spacial score (nSPS) is 10.6. The van der Waals surface area contributed by atoms with Crippen LogP contribution in [0.25, 0.3) is 0 Å². The lowest BCUT2D eigenvalue weighted by Crippen LogP contribution is -2.11. The second kappa shape index (κ2) is 6.23. The fourth-order valence-corrected chi connectivity index (χ4v) is 1.36. The van der Waals surface area contributed by atoms with Gasteiger partial charge in [-0.1, -0.05) is 0 Å². The quantitative estimate of drug-likeness (QED) is 0.765. The number of alkyl halides is 2. The highest BCUT2D eigenvalue weighted by molar-refractivity contribution is 5.73. The molecule has 0 atom stereocenters. The van der Waals surface area contributed by atoms with Gasteiger partial charge in [0, 0.05) is 0 Å². The largest absolute Gasteiger partial charge is 0.479 e. The molecule has 0 aromatic carbocycles. The van der Waals surface area contributed by atoms with Crippen LogP contribution in [-0.2, 0) is 16.0 Å². The van der Waals surface area contributed by atoms with E-state index < -0.39 is 36.2 Å². The highest BCUT2D eigenvalue weighted by Crippen LogP contribution is 2.26. The third-order valence-electron chi connectivity index (χ3n) is 2.10. The van der Waals surface area contributed by atoms with Crippen molar-refractivity contribution in [2.24, 2.45) is 0 Å². The van der Waals surface area contributed by atoms with Crippen molar-refractivity contribution in [2.45, 2.75) is 19.8 Å². The number of methoxy groups -OCH3 is 1. The number of ether oxygens (including phenoxy) is 2. The molecule has 0 aliphatic carbocycles. The Morgan fingerprint density at radius 3 is 2.67 bits per heavy atom. The second-order valence-electron chi connectivity index (χ2n) is 3.31. The van der Waals surface area contributed by atoms with Crippen molar-refractivity contribution in [1.29, 1.82) is 0 Å². The topological polar surface area (TPSA) is 48.4 Å². The van der Waals surface area contributed by atoms with Crippen molar-refractivity contribution in [3.05, 3.63) is 23.1 Å². The molecule has 0 aliphatic heterocycles. The minimum atomic E-state index is -2.93. The van der Waals surface area contributed by atoms with Crippen LogP contribution in [0.4, 0.5) is 13.2 Å². The number of carbonyl (C=O) groups is 1. The molecule has 0 saturated heterocycles. The minimum absolute atomic E-state index is 0.120. The molecular weight excluding hydrogens is 251 g/mol. The lowest BCUT2D eigenvalue weighted by Gasteiger charge is -2.10. The fraction of sp³-hybridized carbons (Fsp3) is 0.455. The van der Waals surface area contributed by atoms with Crippen molar-refractivity contribution in [1.82, 2.24) is 4.98 Å². The van der Waals surface area contributed by atoms with E-state index in [2.05, 4.69) is 14.5 Å². The molecule has 0 amide bonds. The molecule has 1 aromatic heterocycles. The Balaban J connectivity index is 3.09. The molecule has 0 N–H and O–H groups in total. The van der Waals surface area contributed by atoms with E-state index in [0.717, 1.165) is 13.2 Å². The lowest BCUT2D eigenvalue weighted by molar-refractivity contribution is -0.142. The number of carbonyl (C=O) groups excluding carboxylic acids is 1. The summed E-state index contributed by atoms with van der Waals surface area (Å²) in [5, 5.41) is 0. The van der Waals surface area contributed by atoms with E-state index in [1.807, 2.05) is 0 Å². The Bertz CT molecular complexity index is 438. The Hall–Kier alpha value is -1.79. The zero-order valence-corrected chi connectivity index (χ0v) is 9.87. The van der Waals surface area contributed by atoms with Crippen LogP contribution in [0.15, 0.2) is 6.07 Å². The molecule has 0 fully saturated rings. The number of pyridine rings is 1. The van der Waals surface area contributed by atoms with E-state index in [9.17, 15) is 18.0 Å². The van der Waals surface area contributed by atoms with E-state index in [-0.39, 0.29) is 12.2 Å². The van der Waals surface area contributed by atoms with Crippen LogP contribution in [0.3, 0.4) is 0 Å². The van der Waals surface area contributed by atoms with Crippen LogP contribution in [0.5, 0.6) is 5.88 Å². The van der Waals surface area contributed by atoms with Gasteiger partial charge < -0.3 is 9.47 Å². The van der Waals surface area contributed by atoms with Gasteiger partial charge in [-0.2, -0.15) is 0 Å². The third-order valence-corrected chi connectivity index (χ3v) is 2.10. The second-order valence-corrected chi connectivity index (χ2v) is 3.31. The van der Waals surface area contributed by atoms with Crippen LogP contribution in [0.2, 0.25) is 0 Å². The van der Waals surface area contributed by atoms with Crippen molar-refractivity contribution < 1.29 is 27.4 Å². The summed E-state index contributed by atoms with van der Waals surface area (Å²) in [7, 11) is 1.12. The molecule has 0 saturated carbocycles. The summed E-state index contributed by atoms with van der Waals surface area (Å²) in [6.07, 6.45) is -3.38. The van der Waals surface area contributed by atoms with Gasteiger partial charge in [-0.25, -0.2) is 18.2 Å². The van der Waals surface area contributed by atoms with Crippen LogP contribution >= 0.6 is 0 Å². The van der Waals surface area contributed by atoms with Crippen molar-refractivity contribution in [3.63, 3.8) is 0 Å². The molecule has 0 spiro atoms. The number of nitrogens with zero attached hydrogens (tertiary/aromatic N) is 1. The third kappa shape index (κ3) is 3.35. The first-order valence-corrected chi connectivity index (χ1v) is 5.16. The zero-order chi connectivity index (χ0) is 13.7. The maximum absolute atomic E-state index is 13.3. The summed E-state index contributed by atoms with van der Waals surface area (Å²) in [4.78, 5) is 14.6. The Morgan fingerprint density at radius 1 is 1.50 bits per heavy atom. The minimum Gasteiger partial charge on any atom is -0.479 e. The average Bonchev–Trinajstić information content (AvgIpc) is 2.29. The summed E-state index contributed by atoms with van der Waals surface area (Å²) in [5.41, 5.74) is -0.886. The van der Waals surface area contributed by atoms with Crippen molar-refractivity contribution >= 4 is 5.97 Å². The molecule has 0 aliphatic rings. The number of hydrogen-bond donors (Lipinski definition) is 0. The number of esters is 1. The van der Waals surface area contributed by atoms with Gasteiger partial charge in [-0.15, -0.1) is 0 Å². The molecule has 18 heavy (non-hydrogen) atoms. The molecule has 4 nitrogen and oxygen atoms in total. The van der Waals surface area contributed by atoms with E-state index in [4.69, 9.17) is 0 Å². The Labute approximate surface area is 102 Å². The number of hydrogen-bond acceptors (Lipinski definition) is 4. The standard InChI is InChI=1S/C11H12F3NO3/c1-3-18-8(16)5-6-4-7(12)11(17-2)15-9(6)10(13)14/h4,10H,3,5H2,1-2H3. The fourth-order valence-electron chi connectivity index (χ4n) is 1.36. The molecule has 1 rings (SSSR count).